The number of anilines is 6. The smallest absolute Gasteiger partial charge is 0.0575 e. The van der Waals surface area contributed by atoms with E-state index in [1.807, 2.05) is 0 Å². The summed E-state index contributed by atoms with van der Waals surface area (Å²) in [7, 11) is 0. The predicted molar refractivity (Wildman–Crippen MR) is 348 cm³/mol. The Labute approximate surface area is 473 Å². The van der Waals surface area contributed by atoms with E-state index in [-0.39, 0.29) is 0 Å². The minimum absolute atomic E-state index is 1.31. The van der Waals surface area contributed by atoms with Gasteiger partial charge in [-0.15, -0.1) is 0 Å². The number of benzene rings is 8. The molecule has 2 nitrogen and oxygen atoms in total. The van der Waals surface area contributed by atoms with E-state index < -0.39 is 0 Å². The van der Waals surface area contributed by atoms with E-state index in [1.165, 1.54) is 245 Å². The Kier molecular flexibility index (Phi) is 14.8. The molecule has 0 atom stereocenters. The molecule has 8 rings (SSSR count). The van der Waals surface area contributed by atoms with Crippen molar-refractivity contribution in [2.24, 2.45) is 0 Å². The maximum atomic E-state index is 2.76. The van der Waals surface area contributed by atoms with Gasteiger partial charge in [-0.2, -0.15) is 0 Å². The molecule has 0 saturated carbocycles. The topological polar surface area (TPSA) is 6.48 Å². The Bertz CT molecular complexity index is 3610. The zero-order chi connectivity index (χ0) is 58.6. The fourth-order valence-electron chi connectivity index (χ4n) is 14.7. The summed E-state index contributed by atoms with van der Waals surface area (Å²) in [6.07, 6.45) is 0. The summed E-state index contributed by atoms with van der Waals surface area (Å²) in [5.41, 5.74) is 54.3. The first-order valence-electron chi connectivity index (χ1n) is 29.1. The lowest BCUT2D eigenvalue weighted by atomic mass is 9.79. The third-order valence-electron chi connectivity index (χ3n) is 22.2. The van der Waals surface area contributed by atoms with E-state index in [0.29, 0.717) is 0 Å². The van der Waals surface area contributed by atoms with Crippen molar-refractivity contribution in [1.82, 2.24) is 0 Å². The minimum Gasteiger partial charge on any atom is -0.308 e. The first kappa shape index (κ1) is 58.0. The summed E-state index contributed by atoms with van der Waals surface area (Å²) in [6.45, 7) is 75.9. The van der Waals surface area contributed by atoms with Crippen molar-refractivity contribution in [2.45, 2.75) is 222 Å². The number of hydrogen-bond acceptors (Lipinski definition) is 2. The van der Waals surface area contributed by atoms with Crippen molar-refractivity contribution in [3.05, 3.63) is 178 Å². The third kappa shape index (κ3) is 7.82. The van der Waals surface area contributed by atoms with E-state index in [1.54, 1.807) is 0 Å². The summed E-state index contributed by atoms with van der Waals surface area (Å²) in [5.74, 6) is 0. The molecular weight excluding hydrogens is 941 g/mol. The second-order valence-electron chi connectivity index (χ2n) is 25.0. The molecule has 8 aromatic rings. The first-order chi connectivity index (χ1) is 36.1. The lowest BCUT2D eigenvalue weighted by molar-refractivity contribution is 1.09. The second-order valence-corrected chi connectivity index (χ2v) is 25.0. The van der Waals surface area contributed by atoms with Crippen molar-refractivity contribution in [2.75, 3.05) is 9.80 Å². The molecule has 0 radical (unpaired) electrons. The highest BCUT2D eigenvalue weighted by Gasteiger charge is 2.35. The summed E-state index contributed by atoms with van der Waals surface area (Å²) < 4.78 is 0. The molecule has 0 aliphatic heterocycles. The molecule has 0 amide bonds. The van der Waals surface area contributed by atoms with Crippen molar-refractivity contribution in [3.8, 4) is 11.1 Å². The van der Waals surface area contributed by atoms with Gasteiger partial charge >= 0.3 is 0 Å². The van der Waals surface area contributed by atoms with Gasteiger partial charge in [0.2, 0.25) is 0 Å². The van der Waals surface area contributed by atoms with Crippen molar-refractivity contribution in [1.29, 1.82) is 0 Å². The van der Waals surface area contributed by atoms with E-state index >= 15 is 0 Å². The fourth-order valence-corrected chi connectivity index (χ4v) is 14.7. The molecule has 2 heteroatoms. The standard InChI is InChI=1S/C76H96N2/c1-33-39(7)55(23)71(56(24)40(33)8)77(75-59(27)43(11)47(15)67-45(13)35(3)37(5)49(17)69(67)75)73-61(29)51(19)65(52(20)62(73)30)66-53(21)63(31)74(64(32)54(66)22)78(72-57(25)41(9)34(2)42(10)58(72)26)76-60(28)44(12)48(16)68-46(14)36(4)38(6)50(18)70(68)76/h1-32H3. The van der Waals surface area contributed by atoms with E-state index in [0.717, 1.165) is 0 Å². The van der Waals surface area contributed by atoms with Crippen LogP contribution in [0.15, 0.2) is 0 Å². The summed E-state index contributed by atoms with van der Waals surface area (Å²) in [6, 6.07) is 0. The highest BCUT2D eigenvalue weighted by atomic mass is 15.2. The van der Waals surface area contributed by atoms with Crippen LogP contribution >= 0.6 is 0 Å². The average molecular weight is 1040 g/mol. The van der Waals surface area contributed by atoms with Gasteiger partial charge in [-0.05, 0) is 421 Å². The van der Waals surface area contributed by atoms with Crippen LogP contribution in [0.25, 0.3) is 32.7 Å². The van der Waals surface area contributed by atoms with Crippen LogP contribution in [0, 0.1) is 222 Å². The number of rotatable bonds is 7. The zero-order valence-corrected chi connectivity index (χ0v) is 54.9. The summed E-state index contributed by atoms with van der Waals surface area (Å²) in [5, 5.41) is 5.58. The average Bonchev–Trinajstić information content (AvgIpc) is 3.52. The van der Waals surface area contributed by atoms with Gasteiger partial charge < -0.3 is 9.80 Å². The largest absolute Gasteiger partial charge is 0.308 e. The van der Waals surface area contributed by atoms with E-state index in [2.05, 4.69) is 231 Å². The lowest BCUT2D eigenvalue weighted by Crippen LogP contribution is -2.22. The molecule has 0 spiro atoms. The van der Waals surface area contributed by atoms with Crippen molar-refractivity contribution in [3.63, 3.8) is 0 Å². The minimum atomic E-state index is 1.31. The molecule has 78 heavy (non-hydrogen) atoms. The van der Waals surface area contributed by atoms with Gasteiger partial charge in [0.05, 0.1) is 34.1 Å². The predicted octanol–water partition coefficient (Wildman–Crippen LogP) is 22.5. The molecule has 0 heterocycles. The molecule has 0 bridgehead atoms. The van der Waals surface area contributed by atoms with Gasteiger partial charge in [-0.25, -0.2) is 0 Å². The molecule has 0 N–H and O–H groups in total. The molecule has 8 aromatic carbocycles. The summed E-state index contributed by atoms with van der Waals surface area (Å²) >= 11 is 0. The zero-order valence-electron chi connectivity index (χ0n) is 54.9. The SMILES string of the molecule is Cc1c(C)c(C)c(N(c2c(C)c(C)c(-c3c(C)c(C)c(N(c4c(C)c(C)c(C)c(C)c4C)c4c(C)c(C)c(C)c5c(C)c(C)c(C)c(C)c45)c(C)c3C)c(C)c2C)c2c(C)c(C)c(C)c3c(C)c(C)c(C)c(C)c23)c(C)c1C. The lowest BCUT2D eigenvalue weighted by Gasteiger charge is -2.39. The fraction of sp³-hybridized carbons (Fsp3) is 0.421. The molecule has 0 aliphatic rings. The van der Waals surface area contributed by atoms with E-state index in [9.17, 15) is 0 Å². The number of nitrogens with zero attached hydrogens (tertiary/aromatic N) is 2. The Morgan fingerprint density at radius 2 is 0.244 bits per heavy atom. The highest BCUT2D eigenvalue weighted by molar-refractivity contribution is 6.10. The molecular formula is C76H96N2. The Morgan fingerprint density at radius 1 is 0.115 bits per heavy atom. The number of aryl methyl sites for hydroxylation is 6. The molecule has 0 fully saturated rings. The normalized spacial score (nSPS) is 11.8. The Balaban J connectivity index is 1.54. The van der Waals surface area contributed by atoms with E-state index in [4.69, 9.17) is 0 Å². The van der Waals surface area contributed by atoms with Crippen LogP contribution in [0.3, 0.4) is 0 Å². The van der Waals surface area contributed by atoms with Crippen molar-refractivity contribution < 1.29 is 0 Å². The van der Waals surface area contributed by atoms with Gasteiger partial charge in [-0.3, -0.25) is 0 Å². The van der Waals surface area contributed by atoms with Gasteiger partial charge in [-0.1, -0.05) is 0 Å². The molecule has 0 aromatic heterocycles. The number of hydrogen-bond donors (Lipinski definition) is 0. The third-order valence-corrected chi connectivity index (χ3v) is 22.2. The quantitative estimate of drug-likeness (QED) is 0.157. The van der Waals surface area contributed by atoms with Crippen LogP contribution < -0.4 is 9.80 Å². The van der Waals surface area contributed by atoms with Gasteiger partial charge in [0.1, 0.15) is 0 Å². The van der Waals surface area contributed by atoms with Gasteiger partial charge in [0, 0.05) is 10.8 Å². The molecule has 0 saturated heterocycles. The van der Waals surface area contributed by atoms with Gasteiger partial charge in [0.25, 0.3) is 0 Å². The first-order valence-corrected chi connectivity index (χ1v) is 29.1. The summed E-state index contributed by atoms with van der Waals surface area (Å²) in [4.78, 5) is 5.53. The Morgan fingerprint density at radius 3 is 0.449 bits per heavy atom. The van der Waals surface area contributed by atoms with Crippen LogP contribution in [-0.4, -0.2) is 0 Å². The van der Waals surface area contributed by atoms with Crippen LogP contribution in [-0.2, 0) is 0 Å². The Hall–Kier alpha value is -6.12. The second kappa shape index (κ2) is 19.9. The van der Waals surface area contributed by atoms with Crippen LogP contribution in [0.4, 0.5) is 34.1 Å². The molecule has 0 aliphatic carbocycles. The molecule has 0 unspecified atom stereocenters. The highest BCUT2D eigenvalue weighted by Crippen LogP contribution is 2.56. The molecule has 410 valence electrons. The number of fused-ring (bicyclic) bond motifs is 2. The maximum Gasteiger partial charge on any atom is 0.0575 e. The van der Waals surface area contributed by atoms with Crippen molar-refractivity contribution >= 4 is 55.7 Å². The monoisotopic (exact) mass is 1040 g/mol. The van der Waals surface area contributed by atoms with Crippen LogP contribution in [0.5, 0.6) is 0 Å². The van der Waals surface area contributed by atoms with Crippen LogP contribution in [0.1, 0.15) is 178 Å². The maximum absolute atomic E-state index is 2.76. The van der Waals surface area contributed by atoms with Crippen LogP contribution in [0.2, 0.25) is 0 Å². The van der Waals surface area contributed by atoms with Gasteiger partial charge in [0.15, 0.2) is 0 Å².